The van der Waals surface area contributed by atoms with E-state index in [0.717, 1.165) is 22.3 Å². The molecule has 1 aliphatic heterocycles. The number of thiophene rings is 1. The molecule has 2 aromatic heterocycles. The Balaban J connectivity index is 1.81. The molecular formula is C21H28F3N5O3S. The minimum Gasteiger partial charge on any atom is -0.362 e. The van der Waals surface area contributed by atoms with Crippen molar-refractivity contribution in [3.8, 4) is 0 Å². The van der Waals surface area contributed by atoms with Crippen LogP contribution in [0.4, 0.5) is 13.2 Å². The van der Waals surface area contributed by atoms with Crippen LogP contribution in [-0.2, 0) is 17.8 Å². The number of guanidine groups is 1. The van der Waals surface area contributed by atoms with Gasteiger partial charge in [-0.2, -0.15) is 13.2 Å². The van der Waals surface area contributed by atoms with E-state index in [1.807, 2.05) is 11.8 Å². The van der Waals surface area contributed by atoms with Gasteiger partial charge in [0.1, 0.15) is 11.6 Å². The molecule has 2 aromatic rings. The van der Waals surface area contributed by atoms with Crippen LogP contribution < -0.4 is 16.6 Å². The lowest BCUT2D eigenvalue weighted by molar-refractivity contribution is -0.136. The molecule has 3 heterocycles. The van der Waals surface area contributed by atoms with Gasteiger partial charge in [0.05, 0.1) is 18.4 Å². The third-order valence-electron chi connectivity index (χ3n) is 6.29. The molecule has 33 heavy (non-hydrogen) atoms. The van der Waals surface area contributed by atoms with Gasteiger partial charge in [0.25, 0.3) is 5.56 Å². The highest BCUT2D eigenvalue weighted by atomic mass is 32.1. The maximum atomic E-state index is 13.4. The fourth-order valence-electron chi connectivity index (χ4n) is 4.61. The van der Waals surface area contributed by atoms with Crippen molar-refractivity contribution in [2.24, 2.45) is 4.99 Å². The first-order valence-electron chi connectivity index (χ1n) is 11.1. The van der Waals surface area contributed by atoms with E-state index < -0.39 is 30.4 Å². The van der Waals surface area contributed by atoms with Crippen molar-refractivity contribution in [1.29, 1.82) is 0 Å². The minimum atomic E-state index is -4.40. The fourth-order valence-corrected chi connectivity index (χ4v) is 5.94. The largest absolute Gasteiger partial charge is 0.390 e. The molecule has 0 aromatic carbocycles. The summed E-state index contributed by atoms with van der Waals surface area (Å²) < 4.78 is 46.5. The Kier molecular flexibility index (Phi) is 6.85. The van der Waals surface area contributed by atoms with Crippen molar-refractivity contribution in [3.05, 3.63) is 31.3 Å². The predicted molar refractivity (Wildman–Crippen MR) is 121 cm³/mol. The molecule has 0 radical (unpaired) electrons. The smallest absolute Gasteiger partial charge is 0.362 e. The summed E-state index contributed by atoms with van der Waals surface area (Å²) in [4.78, 5) is 34.2. The first-order chi connectivity index (χ1) is 15.7. The number of halogens is 3. The number of methoxy groups -OCH3 is 1. The predicted octanol–water partition coefficient (Wildman–Crippen LogP) is 2.97. The van der Waals surface area contributed by atoms with Crippen molar-refractivity contribution in [2.75, 3.05) is 26.9 Å². The summed E-state index contributed by atoms with van der Waals surface area (Å²) in [7, 11) is 1.55. The highest BCUT2D eigenvalue weighted by Crippen LogP contribution is 2.32. The molecule has 0 amide bonds. The summed E-state index contributed by atoms with van der Waals surface area (Å²) in [6, 6.07) is -0.259. The van der Waals surface area contributed by atoms with Crippen LogP contribution in [0.2, 0.25) is 0 Å². The SMILES string of the molecule is COC/N=C1\NCCN1Cc1sc2c(c1C)c(=O)n(C1CCCC1)c(=O)n2CCC(F)(F)F. The Morgan fingerprint density at radius 3 is 2.64 bits per heavy atom. The average molecular weight is 488 g/mol. The molecule has 0 spiro atoms. The zero-order valence-corrected chi connectivity index (χ0v) is 19.5. The van der Waals surface area contributed by atoms with Crippen LogP contribution in [0.5, 0.6) is 0 Å². The molecule has 2 fully saturated rings. The van der Waals surface area contributed by atoms with Gasteiger partial charge in [-0.05, 0) is 25.3 Å². The molecule has 182 valence electrons. The molecular weight excluding hydrogens is 459 g/mol. The standard InChI is InChI=1S/C21H28F3N5O3S/c1-13-15(11-27-10-8-25-19(27)26-12-32-2)33-18-16(13)17(30)29(14-5-3-4-6-14)20(31)28(18)9-7-21(22,23)24/h14H,3-12H2,1-2H3,(H,25,26). The lowest BCUT2D eigenvalue weighted by atomic mass is 10.2. The number of ether oxygens (including phenoxy) is 1. The molecule has 1 aliphatic carbocycles. The third-order valence-corrected chi connectivity index (χ3v) is 7.59. The summed E-state index contributed by atoms with van der Waals surface area (Å²) in [5.41, 5.74) is -0.315. The summed E-state index contributed by atoms with van der Waals surface area (Å²) in [5, 5.41) is 3.54. The summed E-state index contributed by atoms with van der Waals surface area (Å²) in [6.07, 6.45) is -2.35. The normalized spacial score (nSPS) is 18.7. The number of hydrogen-bond donors (Lipinski definition) is 1. The number of fused-ring (bicyclic) bond motifs is 1. The van der Waals surface area contributed by atoms with Crippen LogP contribution >= 0.6 is 11.3 Å². The zero-order chi connectivity index (χ0) is 23.8. The number of aromatic nitrogens is 2. The summed E-state index contributed by atoms with van der Waals surface area (Å²) in [6.45, 7) is 3.35. The quantitative estimate of drug-likeness (QED) is 0.650. The lowest BCUT2D eigenvalue weighted by Crippen LogP contribution is -2.42. The van der Waals surface area contributed by atoms with Crippen molar-refractivity contribution in [3.63, 3.8) is 0 Å². The molecule has 1 saturated heterocycles. The van der Waals surface area contributed by atoms with Gasteiger partial charge in [-0.1, -0.05) is 12.8 Å². The number of rotatable bonds is 7. The van der Waals surface area contributed by atoms with E-state index in [0.29, 0.717) is 54.2 Å². The molecule has 0 unspecified atom stereocenters. The van der Waals surface area contributed by atoms with E-state index in [1.54, 1.807) is 7.11 Å². The van der Waals surface area contributed by atoms with E-state index in [1.165, 1.54) is 15.9 Å². The second kappa shape index (κ2) is 9.49. The lowest BCUT2D eigenvalue weighted by Gasteiger charge is -2.17. The van der Waals surface area contributed by atoms with Crippen LogP contribution in [0.3, 0.4) is 0 Å². The van der Waals surface area contributed by atoms with Gasteiger partial charge in [0, 0.05) is 37.7 Å². The molecule has 12 heteroatoms. The Bertz CT molecular complexity index is 1160. The van der Waals surface area contributed by atoms with Gasteiger partial charge in [-0.15, -0.1) is 11.3 Å². The molecule has 1 N–H and O–H groups in total. The van der Waals surface area contributed by atoms with Crippen LogP contribution in [0.25, 0.3) is 10.2 Å². The van der Waals surface area contributed by atoms with E-state index in [4.69, 9.17) is 4.74 Å². The topological polar surface area (TPSA) is 80.9 Å². The Morgan fingerprint density at radius 1 is 1.24 bits per heavy atom. The Morgan fingerprint density at radius 2 is 1.97 bits per heavy atom. The van der Waals surface area contributed by atoms with E-state index >= 15 is 0 Å². The van der Waals surface area contributed by atoms with E-state index in [9.17, 15) is 22.8 Å². The van der Waals surface area contributed by atoms with Gasteiger partial charge in [-0.25, -0.2) is 9.79 Å². The maximum absolute atomic E-state index is 13.4. The Hall–Kier alpha value is -2.34. The van der Waals surface area contributed by atoms with Gasteiger partial charge in [0.15, 0.2) is 5.96 Å². The fraction of sp³-hybridized carbons (Fsp3) is 0.667. The molecule has 1 saturated carbocycles. The number of nitrogens with zero attached hydrogens (tertiary/aromatic N) is 4. The molecule has 0 bridgehead atoms. The van der Waals surface area contributed by atoms with Crippen molar-refractivity contribution < 1.29 is 17.9 Å². The van der Waals surface area contributed by atoms with Crippen molar-refractivity contribution >= 4 is 27.5 Å². The first-order valence-corrected chi connectivity index (χ1v) is 11.9. The number of hydrogen-bond acceptors (Lipinski definition) is 5. The number of nitrogens with one attached hydrogen (secondary N) is 1. The van der Waals surface area contributed by atoms with Crippen LogP contribution in [-0.4, -0.2) is 53.1 Å². The van der Waals surface area contributed by atoms with Gasteiger partial charge >= 0.3 is 11.9 Å². The van der Waals surface area contributed by atoms with Crippen molar-refractivity contribution in [1.82, 2.24) is 19.4 Å². The highest BCUT2D eigenvalue weighted by molar-refractivity contribution is 7.18. The average Bonchev–Trinajstić information content (AvgIpc) is 3.48. The first kappa shape index (κ1) is 23.8. The molecule has 4 rings (SSSR count). The molecule has 2 aliphatic rings. The number of aryl methyl sites for hydroxylation is 2. The van der Waals surface area contributed by atoms with E-state index in [-0.39, 0.29) is 12.8 Å². The van der Waals surface area contributed by atoms with Crippen LogP contribution in [0.1, 0.15) is 48.6 Å². The van der Waals surface area contributed by atoms with E-state index in [2.05, 4.69) is 10.3 Å². The number of alkyl halides is 3. The maximum Gasteiger partial charge on any atom is 0.390 e. The number of aliphatic imine (C=N–C) groups is 1. The summed E-state index contributed by atoms with van der Waals surface area (Å²) >= 11 is 1.22. The van der Waals surface area contributed by atoms with Gasteiger partial charge in [-0.3, -0.25) is 13.9 Å². The summed E-state index contributed by atoms with van der Waals surface area (Å²) in [5.74, 6) is 0.673. The van der Waals surface area contributed by atoms with Gasteiger partial charge < -0.3 is 15.0 Å². The van der Waals surface area contributed by atoms with Crippen molar-refractivity contribution in [2.45, 2.75) is 64.3 Å². The minimum absolute atomic E-state index is 0.202. The zero-order valence-electron chi connectivity index (χ0n) is 18.7. The van der Waals surface area contributed by atoms with Gasteiger partial charge in [0.2, 0.25) is 0 Å². The van der Waals surface area contributed by atoms with Crippen LogP contribution in [0, 0.1) is 6.92 Å². The second-order valence-electron chi connectivity index (χ2n) is 8.49. The molecule has 0 atom stereocenters. The monoisotopic (exact) mass is 487 g/mol. The molecule has 8 nitrogen and oxygen atoms in total. The third kappa shape index (κ3) is 4.81. The Labute approximate surface area is 192 Å². The highest BCUT2D eigenvalue weighted by Gasteiger charge is 2.31. The van der Waals surface area contributed by atoms with Crippen LogP contribution in [0.15, 0.2) is 14.6 Å². The second-order valence-corrected chi connectivity index (χ2v) is 9.57.